The molecule has 0 unspecified atom stereocenters. The Labute approximate surface area is 569 Å². The zero-order valence-corrected chi connectivity index (χ0v) is 56.3. The molecule has 476 valence electrons. The van der Waals surface area contributed by atoms with Crippen molar-refractivity contribution in [2.75, 3.05) is 0 Å². The molecule has 0 atom stereocenters. The summed E-state index contributed by atoms with van der Waals surface area (Å²) >= 11 is 5.29. The fourth-order valence-electron chi connectivity index (χ4n) is 12.0. The summed E-state index contributed by atoms with van der Waals surface area (Å²) in [5.41, 5.74) is 14.5. The maximum absolute atomic E-state index is 5.65. The second kappa shape index (κ2) is 27.0. The lowest BCUT2D eigenvalue weighted by Gasteiger charge is -1.94. The lowest BCUT2D eigenvalue weighted by Crippen LogP contribution is -1.79. The molecule has 0 amide bonds. The molecule has 0 aliphatic rings. The number of furan rings is 4. The number of aromatic nitrogens is 14. The van der Waals surface area contributed by atoms with Crippen LogP contribution in [0.5, 0.6) is 0 Å². The molecule has 18 nitrogen and oxygen atoms in total. The van der Waals surface area contributed by atoms with E-state index in [1.165, 1.54) is 55.8 Å². The topological polar surface area (TPSA) is 233 Å². The minimum atomic E-state index is 0.665. The predicted molar refractivity (Wildman–Crippen MR) is 395 cm³/mol. The van der Waals surface area contributed by atoms with Crippen LogP contribution in [0, 0.1) is 48.5 Å². The van der Waals surface area contributed by atoms with Crippen molar-refractivity contribution in [2.45, 2.75) is 48.5 Å². The van der Waals surface area contributed by atoms with Crippen LogP contribution in [-0.4, -0.2) is 69.8 Å². The van der Waals surface area contributed by atoms with E-state index in [9.17, 15) is 0 Å². The highest BCUT2D eigenvalue weighted by molar-refractivity contribution is 7.26. The molecule has 0 aliphatic carbocycles. The summed E-state index contributed by atoms with van der Waals surface area (Å²) in [6.45, 7) is 14.0. The zero-order valence-electron chi connectivity index (χ0n) is 53.8. The van der Waals surface area contributed by atoms with Gasteiger partial charge in [0.2, 0.25) is 11.4 Å². The van der Waals surface area contributed by atoms with E-state index in [0.717, 1.165) is 121 Å². The number of nitrogens with zero attached hydrogens (tertiary/aromatic N) is 14. The van der Waals surface area contributed by atoms with Crippen LogP contribution in [0.3, 0.4) is 0 Å². The van der Waals surface area contributed by atoms with Gasteiger partial charge in [-0.3, -0.25) is 54.8 Å². The van der Waals surface area contributed by atoms with E-state index in [1.54, 1.807) is 83.6 Å². The first-order valence-electron chi connectivity index (χ1n) is 31.1. The van der Waals surface area contributed by atoms with Crippen molar-refractivity contribution >= 4 is 183 Å². The molecule has 21 heterocycles. The van der Waals surface area contributed by atoms with Gasteiger partial charge in [-0.15, -0.1) is 34.0 Å². The molecule has 21 aromatic rings. The van der Waals surface area contributed by atoms with E-state index in [0.29, 0.717) is 11.4 Å². The Kier molecular flexibility index (Phi) is 17.1. The van der Waals surface area contributed by atoms with Gasteiger partial charge < -0.3 is 17.7 Å². The molecule has 0 saturated heterocycles. The molecule has 0 aromatic carbocycles. The summed E-state index contributed by atoms with van der Waals surface area (Å²) in [7, 11) is 0. The van der Waals surface area contributed by atoms with Gasteiger partial charge in [-0.1, -0.05) is 0 Å². The highest BCUT2D eigenvalue weighted by Gasteiger charge is 2.14. The average molecular weight is 1340 g/mol. The summed E-state index contributed by atoms with van der Waals surface area (Å²) in [6, 6.07) is 35.4. The van der Waals surface area contributed by atoms with E-state index in [4.69, 9.17) is 17.7 Å². The number of hydrogen-bond donors (Lipinski definition) is 0. The monoisotopic (exact) mass is 1340 g/mol. The standard InChI is InChI=1S/4C11H8N2O.3C11H8N2S/c1-7-11-8-6-12-4-2-9(8)14-10(11)3-5-13-7;1-7-11-8-2-4-12-6-10(8)14-9(11)3-5-13-7;1-7-4-5-8-10-9(3-2-6-12-10)14-11(8)13-7;1-7-10-8-3-2-5-13-11(8)14-9(10)4-6-12-7;1-7-11-8-6-12-4-2-9(8)14-10(11)3-5-13-7;1-7-11-8-2-4-12-6-10(8)14-9(11)3-5-13-7;1-7-10-8-3-2-5-13-11(8)14-9(10)4-6-12-7/h7*2-6H,1H3. The first-order valence-corrected chi connectivity index (χ1v) is 33.6. The van der Waals surface area contributed by atoms with Crippen LogP contribution in [0.15, 0.2) is 232 Å². The number of pyridine rings is 14. The lowest BCUT2D eigenvalue weighted by atomic mass is 10.2. The summed E-state index contributed by atoms with van der Waals surface area (Å²) in [5, 5.41) is 14.8. The van der Waals surface area contributed by atoms with Crippen molar-refractivity contribution in [3.05, 3.63) is 254 Å². The molecule has 0 radical (unpaired) electrons. The van der Waals surface area contributed by atoms with Gasteiger partial charge in [0, 0.05) is 212 Å². The second-order valence-corrected chi connectivity index (χ2v) is 25.9. The average Bonchev–Trinajstić information content (AvgIpc) is 1.54. The van der Waals surface area contributed by atoms with E-state index in [1.807, 2.05) is 170 Å². The normalized spacial score (nSPS) is 11.2. The largest absolute Gasteiger partial charge is 0.456 e. The van der Waals surface area contributed by atoms with Crippen LogP contribution in [0.4, 0.5) is 0 Å². The Bertz CT molecular complexity index is 5620. The van der Waals surface area contributed by atoms with Crippen LogP contribution in [-0.2, 0) is 0 Å². The van der Waals surface area contributed by atoms with Gasteiger partial charge >= 0.3 is 0 Å². The van der Waals surface area contributed by atoms with E-state index in [-0.39, 0.29) is 0 Å². The Morgan fingerprint density at radius 1 is 0.255 bits per heavy atom. The van der Waals surface area contributed by atoms with Gasteiger partial charge in [0.25, 0.3) is 0 Å². The van der Waals surface area contributed by atoms with Gasteiger partial charge in [0.15, 0.2) is 11.2 Å². The fraction of sp³-hybridized carbons (Fsp3) is 0.0909. The maximum Gasteiger partial charge on any atom is 0.229 e. The fourth-order valence-corrected chi connectivity index (χ4v) is 15.3. The van der Waals surface area contributed by atoms with E-state index < -0.39 is 0 Å². The quantitative estimate of drug-likeness (QED) is 0.137. The van der Waals surface area contributed by atoms with Gasteiger partial charge in [-0.25, -0.2) is 15.0 Å². The summed E-state index contributed by atoms with van der Waals surface area (Å²) in [4.78, 5) is 60.2. The van der Waals surface area contributed by atoms with E-state index in [2.05, 4.69) is 113 Å². The molecule has 21 rings (SSSR count). The molecule has 0 saturated carbocycles. The summed E-state index contributed by atoms with van der Waals surface area (Å²) < 4.78 is 28.8. The van der Waals surface area contributed by atoms with Crippen LogP contribution in [0.2, 0.25) is 0 Å². The van der Waals surface area contributed by atoms with Crippen molar-refractivity contribution in [3.8, 4) is 0 Å². The van der Waals surface area contributed by atoms with Crippen molar-refractivity contribution in [2.24, 2.45) is 0 Å². The molecular formula is C77H56N14O4S3. The molecule has 0 bridgehead atoms. The highest BCUT2D eigenvalue weighted by Crippen LogP contribution is 2.38. The van der Waals surface area contributed by atoms with Gasteiger partial charge in [0.05, 0.1) is 27.1 Å². The third-order valence-electron chi connectivity index (χ3n) is 16.4. The highest BCUT2D eigenvalue weighted by atomic mass is 32.1. The van der Waals surface area contributed by atoms with Gasteiger partial charge in [-0.2, -0.15) is 0 Å². The molecule has 0 spiro atoms. The summed E-state index contributed by atoms with van der Waals surface area (Å²) in [5.74, 6) is 0. The van der Waals surface area contributed by atoms with Crippen LogP contribution in [0.25, 0.3) is 149 Å². The minimum absolute atomic E-state index is 0.665. The van der Waals surface area contributed by atoms with Crippen LogP contribution < -0.4 is 0 Å². The maximum atomic E-state index is 5.65. The van der Waals surface area contributed by atoms with Gasteiger partial charge in [0.1, 0.15) is 32.7 Å². The first-order chi connectivity index (χ1) is 48.0. The zero-order chi connectivity index (χ0) is 66.8. The molecule has 21 aromatic heterocycles. The SMILES string of the molecule is Cc1ccc2c(n1)oc1cccnc12.Cc1nccc2oc3ccncc3c12.Cc1nccc2oc3cnccc3c12.Cc1nccc2oc3ncccc3c12.Cc1nccc2sc3ccncc3c12.Cc1nccc2sc3cnccc3c12.Cc1nccc2sc3ncccc3c12. The number of hydrogen-bond acceptors (Lipinski definition) is 21. The van der Waals surface area contributed by atoms with Crippen molar-refractivity contribution in [1.29, 1.82) is 0 Å². The second-order valence-electron chi connectivity index (χ2n) is 22.7. The third kappa shape index (κ3) is 12.2. The number of rotatable bonds is 0. The Balaban J connectivity index is 0.0000000933. The Hall–Kier alpha value is -12.0. The molecule has 98 heavy (non-hydrogen) atoms. The predicted octanol–water partition coefficient (Wildman–Crippen LogP) is 20.2. The Morgan fingerprint density at radius 2 is 0.724 bits per heavy atom. The minimum Gasteiger partial charge on any atom is -0.456 e. The van der Waals surface area contributed by atoms with Crippen molar-refractivity contribution < 1.29 is 17.7 Å². The number of fused-ring (bicyclic) bond motifs is 21. The van der Waals surface area contributed by atoms with Gasteiger partial charge in [-0.05, 0) is 158 Å². The number of thiophene rings is 3. The molecular weight excluding hydrogens is 1280 g/mol. The van der Waals surface area contributed by atoms with E-state index >= 15 is 0 Å². The smallest absolute Gasteiger partial charge is 0.229 e. The molecule has 0 aliphatic heterocycles. The first kappa shape index (κ1) is 62.1. The molecule has 0 fully saturated rings. The molecule has 0 N–H and O–H groups in total. The lowest BCUT2D eigenvalue weighted by molar-refractivity contribution is 0.652. The summed E-state index contributed by atoms with van der Waals surface area (Å²) in [6.07, 6.45) is 30.7. The van der Waals surface area contributed by atoms with Crippen molar-refractivity contribution in [1.82, 2.24) is 69.8 Å². The molecule has 21 heteroatoms. The third-order valence-corrected chi connectivity index (χ3v) is 19.7. The van der Waals surface area contributed by atoms with Crippen LogP contribution in [0.1, 0.15) is 39.9 Å². The number of aryl methyl sites for hydroxylation is 7. The van der Waals surface area contributed by atoms with Crippen LogP contribution >= 0.6 is 34.0 Å². The Morgan fingerprint density at radius 3 is 1.43 bits per heavy atom. The van der Waals surface area contributed by atoms with Crippen molar-refractivity contribution in [3.63, 3.8) is 0 Å².